The van der Waals surface area contributed by atoms with Crippen LogP contribution in [0.2, 0.25) is 15.1 Å². The van der Waals surface area contributed by atoms with Crippen LogP contribution in [0.5, 0.6) is 0 Å². The molecule has 1 amide bonds. The van der Waals surface area contributed by atoms with Gasteiger partial charge in [-0.3, -0.25) is 9.79 Å². The molecule has 2 N–H and O–H groups in total. The Hall–Kier alpha value is -1.59. The number of anilines is 1. The fourth-order valence-electron chi connectivity index (χ4n) is 3.45. The van der Waals surface area contributed by atoms with Crippen LogP contribution < -0.4 is 10.6 Å². The standard InChI is InChI=1S/C19H16Cl3N3O/c20-11-2-4-16-14(9-11)17(13-3-1-12(21)10-15(13)22)25-19(18(26)24-16)5-7-23-8-6-19/h1-4,9-10,23H,5-8H2,(H,24,26). The molecule has 2 aliphatic rings. The molecule has 0 bridgehead atoms. The predicted octanol–water partition coefficient (Wildman–Crippen LogP) is 4.56. The Morgan fingerprint density at radius 1 is 0.923 bits per heavy atom. The van der Waals surface area contributed by atoms with Crippen molar-refractivity contribution in [3.8, 4) is 0 Å². The van der Waals surface area contributed by atoms with E-state index in [1.54, 1.807) is 30.3 Å². The van der Waals surface area contributed by atoms with Gasteiger partial charge >= 0.3 is 0 Å². The second-order valence-corrected chi connectivity index (χ2v) is 7.79. The minimum absolute atomic E-state index is 0.0948. The molecule has 0 saturated carbocycles. The van der Waals surface area contributed by atoms with Crippen LogP contribution in [-0.4, -0.2) is 30.2 Å². The van der Waals surface area contributed by atoms with Crippen molar-refractivity contribution in [1.82, 2.24) is 5.32 Å². The van der Waals surface area contributed by atoms with Gasteiger partial charge in [-0.1, -0.05) is 34.8 Å². The maximum absolute atomic E-state index is 13.0. The summed E-state index contributed by atoms with van der Waals surface area (Å²) in [5.41, 5.74) is 2.00. The molecule has 2 aromatic carbocycles. The summed E-state index contributed by atoms with van der Waals surface area (Å²) in [5.74, 6) is -0.0948. The third-order valence-electron chi connectivity index (χ3n) is 4.85. The molecule has 2 heterocycles. The lowest BCUT2D eigenvalue weighted by atomic mass is 9.87. The van der Waals surface area contributed by atoms with E-state index in [1.165, 1.54) is 0 Å². The van der Waals surface area contributed by atoms with E-state index in [9.17, 15) is 4.79 Å². The summed E-state index contributed by atoms with van der Waals surface area (Å²) in [7, 11) is 0. The second kappa shape index (κ2) is 6.86. The zero-order chi connectivity index (χ0) is 18.3. The molecule has 0 aromatic heterocycles. The molecule has 7 heteroatoms. The molecule has 26 heavy (non-hydrogen) atoms. The van der Waals surface area contributed by atoms with Gasteiger partial charge < -0.3 is 10.6 Å². The number of aliphatic imine (C=N–C) groups is 1. The monoisotopic (exact) mass is 407 g/mol. The van der Waals surface area contributed by atoms with Gasteiger partial charge in [0.1, 0.15) is 5.54 Å². The highest BCUT2D eigenvalue weighted by Crippen LogP contribution is 2.36. The van der Waals surface area contributed by atoms with E-state index in [1.807, 2.05) is 6.07 Å². The van der Waals surface area contributed by atoms with E-state index in [0.29, 0.717) is 39.3 Å². The summed E-state index contributed by atoms with van der Waals surface area (Å²) < 4.78 is 0. The number of fused-ring (bicyclic) bond motifs is 1. The van der Waals surface area contributed by atoms with E-state index in [2.05, 4.69) is 10.6 Å². The Labute approximate surface area is 166 Å². The number of piperidine rings is 1. The van der Waals surface area contributed by atoms with Gasteiger partial charge in [-0.15, -0.1) is 0 Å². The van der Waals surface area contributed by atoms with Gasteiger partial charge in [0, 0.05) is 21.2 Å². The highest BCUT2D eigenvalue weighted by Gasteiger charge is 2.42. The van der Waals surface area contributed by atoms with Crippen LogP contribution in [0.4, 0.5) is 5.69 Å². The van der Waals surface area contributed by atoms with Gasteiger partial charge in [-0.05, 0) is 62.3 Å². The number of nitrogens with one attached hydrogen (secondary N) is 2. The van der Waals surface area contributed by atoms with Crippen LogP contribution >= 0.6 is 34.8 Å². The minimum atomic E-state index is -0.824. The summed E-state index contributed by atoms with van der Waals surface area (Å²) in [6.45, 7) is 1.46. The number of carbonyl (C=O) groups is 1. The summed E-state index contributed by atoms with van der Waals surface area (Å²) >= 11 is 18.8. The average molecular weight is 409 g/mol. The van der Waals surface area contributed by atoms with Gasteiger partial charge in [0.15, 0.2) is 0 Å². The van der Waals surface area contributed by atoms with Gasteiger partial charge in [0.05, 0.1) is 16.4 Å². The van der Waals surface area contributed by atoms with Crippen molar-refractivity contribution in [2.24, 2.45) is 4.99 Å². The van der Waals surface area contributed by atoms with Crippen molar-refractivity contribution < 1.29 is 4.79 Å². The molecule has 1 spiro atoms. The van der Waals surface area contributed by atoms with Crippen molar-refractivity contribution in [1.29, 1.82) is 0 Å². The maximum atomic E-state index is 13.0. The van der Waals surface area contributed by atoms with Crippen molar-refractivity contribution in [3.05, 3.63) is 62.6 Å². The Morgan fingerprint density at radius 3 is 2.35 bits per heavy atom. The quantitative estimate of drug-likeness (QED) is 0.727. The third kappa shape index (κ3) is 3.12. The molecule has 2 aliphatic heterocycles. The molecule has 1 fully saturated rings. The van der Waals surface area contributed by atoms with E-state index in [0.717, 1.165) is 24.2 Å². The van der Waals surface area contributed by atoms with E-state index >= 15 is 0 Å². The Balaban J connectivity index is 1.97. The van der Waals surface area contributed by atoms with E-state index in [4.69, 9.17) is 39.8 Å². The summed E-state index contributed by atoms with van der Waals surface area (Å²) in [4.78, 5) is 18.0. The van der Waals surface area contributed by atoms with Crippen LogP contribution in [0.25, 0.3) is 0 Å². The van der Waals surface area contributed by atoms with Crippen molar-refractivity contribution in [3.63, 3.8) is 0 Å². The zero-order valence-electron chi connectivity index (χ0n) is 13.8. The first-order chi connectivity index (χ1) is 12.5. The summed E-state index contributed by atoms with van der Waals surface area (Å²) in [6.07, 6.45) is 1.24. The van der Waals surface area contributed by atoms with Crippen molar-refractivity contribution in [2.75, 3.05) is 18.4 Å². The second-order valence-electron chi connectivity index (χ2n) is 6.51. The predicted molar refractivity (Wildman–Crippen MR) is 107 cm³/mol. The van der Waals surface area contributed by atoms with E-state index in [-0.39, 0.29) is 5.91 Å². The van der Waals surface area contributed by atoms with Crippen LogP contribution in [0.15, 0.2) is 41.4 Å². The maximum Gasteiger partial charge on any atom is 0.252 e. The average Bonchev–Trinajstić information content (AvgIpc) is 2.72. The van der Waals surface area contributed by atoms with Gasteiger partial charge in [0.2, 0.25) is 0 Å². The lowest BCUT2D eigenvalue weighted by Gasteiger charge is -2.32. The molecule has 0 radical (unpaired) electrons. The topological polar surface area (TPSA) is 53.5 Å². The van der Waals surface area contributed by atoms with Crippen LogP contribution in [0.3, 0.4) is 0 Å². The van der Waals surface area contributed by atoms with Crippen molar-refractivity contribution >= 4 is 52.1 Å². The zero-order valence-corrected chi connectivity index (χ0v) is 16.0. The first-order valence-corrected chi connectivity index (χ1v) is 9.49. The highest BCUT2D eigenvalue weighted by atomic mass is 35.5. The fraction of sp³-hybridized carbons (Fsp3) is 0.263. The molecular formula is C19H16Cl3N3O. The van der Waals surface area contributed by atoms with Gasteiger partial charge in [0.25, 0.3) is 5.91 Å². The number of amides is 1. The molecule has 4 rings (SSSR count). The largest absolute Gasteiger partial charge is 0.323 e. The highest BCUT2D eigenvalue weighted by molar-refractivity contribution is 6.39. The smallest absolute Gasteiger partial charge is 0.252 e. The molecule has 0 atom stereocenters. The Kier molecular flexibility index (Phi) is 4.70. The van der Waals surface area contributed by atoms with Crippen LogP contribution in [0, 0.1) is 0 Å². The number of benzene rings is 2. The molecule has 2 aromatic rings. The van der Waals surface area contributed by atoms with Crippen molar-refractivity contribution in [2.45, 2.75) is 18.4 Å². The SMILES string of the molecule is O=C1Nc2ccc(Cl)cc2C(c2ccc(Cl)cc2Cl)=NC12CCNCC2. The number of hydrogen-bond acceptors (Lipinski definition) is 3. The Bertz CT molecular complexity index is 920. The molecule has 134 valence electrons. The molecular weight excluding hydrogens is 393 g/mol. The number of nitrogens with zero attached hydrogens (tertiary/aromatic N) is 1. The van der Waals surface area contributed by atoms with E-state index < -0.39 is 5.54 Å². The number of rotatable bonds is 1. The van der Waals surface area contributed by atoms with Crippen LogP contribution in [0.1, 0.15) is 24.0 Å². The molecule has 0 aliphatic carbocycles. The fourth-order valence-corrected chi connectivity index (χ4v) is 4.12. The number of halogens is 3. The normalized spacial score (nSPS) is 18.7. The molecule has 0 unspecified atom stereocenters. The third-order valence-corrected chi connectivity index (χ3v) is 5.63. The lowest BCUT2D eigenvalue weighted by molar-refractivity contribution is -0.121. The molecule has 4 nitrogen and oxygen atoms in total. The minimum Gasteiger partial charge on any atom is -0.323 e. The summed E-state index contributed by atoms with van der Waals surface area (Å²) in [5, 5.41) is 7.92. The Morgan fingerprint density at radius 2 is 1.62 bits per heavy atom. The number of carbonyl (C=O) groups excluding carboxylic acids is 1. The first-order valence-electron chi connectivity index (χ1n) is 8.36. The lowest BCUT2D eigenvalue weighted by Crippen LogP contribution is -2.49. The first kappa shape index (κ1) is 17.8. The van der Waals surface area contributed by atoms with Crippen LogP contribution in [-0.2, 0) is 4.79 Å². The van der Waals surface area contributed by atoms with Gasteiger partial charge in [-0.2, -0.15) is 0 Å². The molecule has 1 saturated heterocycles. The number of hydrogen-bond donors (Lipinski definition) is 2. The summed E-state index contributed by atoms with van der Waals surface area (Å²) in [6, 6.07) is 10.6. The van der Waals surface area contributed by atoms with Gasteiger partial charge in [-0.25, -0.2) is 0 Å².